The Labute approximate surface area is 164 Å². The second kappa shape index (κ2) is 7.57. The van der Waals surface area contributed by atoms with Gasteiger partial charge in [-0.2, -0.15) is 5.10 Å². The quantitative estimate of drug-likeness (QED) is 0.730. The normalized spacial score (nSPS) is 14.9. The maximum absolute atomic E-state index is 13.9. The molecule has 1 aliphatic rings. The highest BCUT2D eigenvalue weighted by Crippen LogP contribution is 2.33. The summed E-state index contributed by atoms with van der Waals surface area (Å²) in [5.74, 6) is -1.52. The van der Waals surface area contributed by atoms with Gasteiger partial charge in [0.25, 0.3) is 11.5 Å². The van der Waals surface area contributed by atoms with E-state index in [2.05, 4.69) is 15.4 Å². The molecule has 9 heteroatoms. The van der Waals surface area contributed by atoms with Gasteiger partial charge in [-0.3, -0.25) is 9.59 Å². The molecular formula is C20H18F2N4O3. The number of benzene rings is 1. The molecule has 1 N–H and O–H groups in total. The fourth-order valence-corrected chi connectivity index (χ4v) is 3.60. The van der Waals surface area contributed by atoms with E-state index in [1.54, 1.807) is 13.0 Å². The molecule has 1 fully saturated rings. The fourth-order valence-electron chi connectivity index (χ4n) is 3.60. The Hall–Kier alpha value is -3.36. The molecule has 4 rings (SSSR count). The number of aromatic nitrogens is 3. The van der Waals surface area contributed by atoms with Crippen LogP contribution in [-0.2, 0) is 0 Å². The zero-order chi connectivity index (χ0) is 20.5. The third kappa shape index (κ3) is 3.80. The Morgan fingerprint density at radius 3 is 2.66 bits per heavy atom. The smallest absolute Gasteiger partial charge is 0.264 e. The van der Waals surface area contributed by atoms with Crippen molar-refractivity contribution in [3.8, 4) is 11.3 Å². The first-order chi connectivity index (χ1) is 13.9. The monoisotopic (exact) mass is 400 g/mol. The van der Waals surface area contributed by atoms with Gasteiger partial charge in [-0.05, 0) is 38.0 Å². The van der Waals surface area contributed by atoms with Gasteiger partial charge >= 0.3 is 0 Å². The molecule has 1 aliphatic heterocycles. The summed E-state index contributed by atoms with van der Waals surface area (Å²) < 4.78 is 32.6. The van der Waals surface area contributed by atoms with E-state index in [1.165, 1.54) is 11.0 Å². The van der Waals surface area contributed by atoms with Crippen molar-refractivity contribution in [3.63, 3.8) is 0 Å². The number of hydrogen-bond donors (Lipinski definition) is 1. The Morgan fingerprint density at radius 1 is 1.21 bits per heavy atom. The molecule has 1 saturated heterocycles. The molecule has 0 spiro atoms. The summed E-state index contributed by atoms with van der Waals surface area (Å²) in [5, 5.41) is 10.5. The van der Waals surface area contributed by atoms with Crippen molar-refractivity contribution >= 4 is 5.91 Å². The topological polar surface area (TPSA) is 92.1 Å². The number of likely N-dealkylation sites (tertiary alicyclic amines) is 1. The molecule has 29 heavy (non-hydrogen) atoms. The average molecular weight is 400 g/mol. The van der Waals surface area contributed by atoms with Gasteiger partial charge in [0.2, 0.25) is 0 Å². The molecule has 0 bridgehead atoms. The van der Waals surface area contributed by atoms with E-state index in [4.69, 9.17) is 4.52 Å². The maximum atomic E-state index is 13.9. The summed E-state index contributed by atoms with van der Waals surface area (Å²) in [4.78, 5) is 25.8. The second-order valence-corrected chi connectivity index (χ2v) is 7.05. The number of H-pyrrole nitrogens is 1. The lowest BCUT2D eigenvalue weighted by Crippen LogP contribution is -2.38. The van der Waals surface area contributed by atoms with Crippen LogP contribution in [-0.4, -0.2) is 39.3 Å². The van der Waals surface area contributed by atoms with Gasteiger partial charge < -0.3 is 9.42 Å². The van der Waals surface area contributed by atoms with E-state index in [0.29, 0.717) is 48.6 Å². The first kappa shape index (κ1) is 19.0. The highest BCUT2D eigenvalue weighted by molar-refractivity contribution is 5.94. The van der Waals surface area contributed by atoms with Crippen LogP contribution in [0.5, 0.6) is 0 Å². The Bertz CT molecular complexity index is 1120. The van der Waals surface area contributed by atoms with Crippen molar-refractivity contribution < 1.29 is 18.1 Å². The summed E-state index contributed by atoms with van der Waals surface area (Å²) in [6.45, 7) is 2.49. The Kier molecular flexibility index (Phi) is 4.96. The number of nitrogens with zero attached hydrogens (tertiary/aromatic N) is 3. The fraction of sp³-hybridized carbons (Fsp3) is 0.300. The number of nitrogens with one attached hydrogen (secondary N) is 1. The van der Waals surface area contributed by atoms with E-state index in [1.807, 2.05) is 0 Å². The van der Waals surface area contributed by atoms with E-state index >= 15 is 0 Å². The molecule has 150 valence electrons. The average Bonchev–Trinajstić information content (AvgIpc) is 3.15. The molecular weight excluding hydrogens is 382 g/mol. The zero-order valence-electron chi connectivity index (χ0n) is 15.6. The van der Waals surface area contributed by atoms with E-state index in [0.717, 1.165) is 18.2 Å². The van der Waals surface area contributed by atoms with Crippen molar-refractivity contribution in [2.75, 3.05) is 13.1 Å². The number of rotatable bonds is 3. The molecule has 0 atom stereocenters. The lowest BCUT2D eigenvalue weighted by molar-refractivity contribution is 0.0706. The third-order valence-electron chi connectivity index (χ3n) is 5.06. The predicted octanol–water partition coefficient (Wildman–Crippen LogP) is 3.03. The van der Waals surface area contributed by atoms with Gasteiger partial charge in [-0.15, -0.1) is 0 Å². The van der Waals surface area contributed by atoms with Crippen LogP contribution >= 0.6 is 0 Å². The first-order valence-corrected chi connectivity index (χ1v) is 9.20. The molecule has 3 aromatic rings. The minimum atomic E-state index is -0.746. The summed E-state index contributed by atoms with van der Waals surface area (Å²) in [6, 6.07) is 5.99. The minimum Gasteiger partial charge on any atom is -0.356 e. The summed E-state index contributed by atoms with van der Waals surface area (Å²) in [7, 11) is 0. The van der Waals surface area contributed by atoms with E-state index in [-0.39, 0.29) is 17.0 Å². The van der Waals surface area contributed by atoms with E-state index < -0.39 is 17.5 Å². The Morgan fingerprint density at radius 2 is 1.97 bits per heavy atom. The van der Waals surface area contributed by atoms with Gasteiger partial charge in [0.05, 0.1) is 17.0 Å². The number of halogens is 2. The van der Waals surface area contributed by atoms with Crippen LogP contribution in [0.3, 0.4) is 0 Å². The number of hydrogen-bond acceptors (Lipinski definition) is 5. The van der Waals surface area contributed by atoms with Gasteiger partial charge in [0.1, 0.15) is 11.6 Å². The van der Waals surface area contributed by atoms with Crippen molar-refractivity contribution in [2.24, 2.45) is 0 Å². The summed E-state index contributed by atoms with van der Waals surface area (Å²) in [5.41, 5.74) is 1.28. The van der Waals surface area contributed by atoms with Crippen molar-refractivity contribution in [2.45, 2.75) is 25.7 Å². The second-order valence-electron chi connectivity index (χ2n) is 7.05. The van der Waals surface area contributed by atoms with Crippen LogP contribution in [0.25, 0.3) is 11.3 Å². The third-order valence-corrected chi connectivity index (χ3v) is 5.06. The molecule has 3 heterocycles. The molecule has 7 nitrogen and oxygen atoms in total. The van der Waals surface area contributed by atoms with Gasteiger partial charge in [0.15, 0.2) is 5.76 Å². The van der Waals surface area contributed by atoms with Crippen LogP contribution in [0, 0.1) is 18.6 Å². The maximum Gasteiger partial charge on any atom is 0.264 e. The molecule has 0 aliphatic carbocycles. The molecule has 1 aromatic carbocycles. The van der Waals surface area contributed by atoms with Crippen LogP contribution in [0.1, 0.15) is 40.5 Å². The van der Waals surface area contributed by atoms with Crippen LogP contribution in [0.4, 0.5) is 8.78 Å². The van der Waals surface area contributed by atoms with E-state index in [9.17, 15) is 18.4 Å². The number of carbonyl (C=O) groups is 1. The van der Waals surface area contributed by atoms with Gasteiger partial charge in [0, 0.05) is 36.7 Å². The number of aryl methyl sites for hydroxylation is 1. The number of carbonyl (C=O) groups excluding carboxylic acids is 1. The standard InChI is InChI=1S/C20H18F2N4O3/c1-11-8-17(29-25-11)15-10-18(27)23-24-19(15)12-4-6-26(7-5-12)20(28)14-9-13(21)2-3-16(14)22/h2-3,8-10,12H,4-7H2,1H3,(H,23,27). The Balaban J connectivity index is 1.54. The molecule has 0 saturated carbocycles. The zero-order valence-corrected chi connectivity index (χ0v) is 15.6. The predicted molar refractivity (Wildman–Crippen MR) is 99.3 cm³/mol. The van der Waals surface area contributed by atoms with Crippen LogP contribution < -0.4 is 5.56 Å². The number of aromatic amines is 1. The minimum absolute atomic E-state index is 0.0336. The molecule has 0 unspecified atom stereocenters. The molecule has 2 aromatic heterocycles. The van der Waals surface area contributed by atoms with Crippen molar-refractivity contribution in [1.29, 1.82) is 0 Å². The SMILES string of the molecule is Cc1cc(-c2cc(=O)[nH]nc2C2CCN(C(=O)c3cc(F)ccc3F)CC2)on1. The first-order valence-electron chi connectivity index (χ1n) is 9.20. The van der Waals surface area contributed by atoms with Gasteiger partial charge in [-0.25, -0.2) is 13.9 Å². The highest BCUT2D eigenvalue weighted by atomic mass is 19.1. The number of piperidine rings is 1. The summed E-state index contributed by atoms with van der Waals surface area (Å²) in [6.07, 6.45) is 1.11. The van der Waals surface area contributed by atoms with Crippen molar-refractivity contribution in [3.05, 3.63) is 69.3 Å². The molecule has 0 radical (unpaired) electrons. The molecule has 1 amide bonds. The lowest BCUT2D eigenvalue weighted by atomic mass is 9.89. The number of amides is 1. The van der Waals surface area contributed by atoms with Crippen molar-refractivity contribution in [1.82, 2.24) is 20.3 Å². The lowest BCUT2D eigenvalue weighted by Gasteiger charge is -2.32. The van der Waals surface area contributed by atoms with Crippen LogP contribution in [0.15, 0.2) is 39.6 Å². The van der Waals surface area contributed by atoms with Crippen LogP contribution in [0.2, 0.25) is 0 Å². The largest absolute Gasteiger partial charge is 0.356 e. The highest BCUT2D eigenvalue weighted by Gasteiger charge is 2.29. The van der Waals surface area contributed by atoms with Gasteiger partial charge in [-0.1, -0.05) is 5.16 Å². The summed E-state index contributed by atoms with van der Waals surface area (Å²) >= 11 is 0.